The van der Waals surface area contributed by atoms with E-state index in [1.165, 1.54) is 89.0 Å². The Labute approximate surface area is 198 Å². The summed E-state index contributed by atoms with van der Waals surface area (Å²) in [6, 6.07) is 13.8. The molecule has 1 N–H and O–H groups in total. The number of hydrogen-bond donors (Lipinski definition) is 1. The molecule has 2 rings (SSSR count). The van der Waals surface area contributed by atoms with E-state index in [9.17, 15) is 5.11 Å². The largest absolute Gasteiger partial charge is 0.507 e. The fourth-order valence-electron chi connectivity index (χ4n) is 3.87. The number of aromatic hydroxyl groups is 1. The fourth-order valence-corrected chi connectivity index (χ4v) is 4.14. The summed E-state index contributed by atoms with van der Waals surface area (Å²) in [5.41, 5.74) is 2.84. The van der Waals surface area contributed by atoms with Gasteiger partial charge in [-0.1, -0.05) is 106 Å². The lowest BCUT2D eigenvalue weighted by molar-refractivity contribution is 0.473. The molecule has 0 amide bonds. The number of rotatable bonds is 16. The van der Waals surface area contributed by atoms with E-state index in [0.717, 1.165) is 22.1 Å². The monoisotopic (exact) mass is 485 g/mol. The van der Waals surface area contributed by atoms with Crippen molar-refractivity contribution in [2.75, 3.05) is 0 Å². The SMILES string of the molecule is CCCCCCCCCCCCCCCc1ccc(C=Nc2ccc(Br)cc2)c(O)c1. The van der Waals surface area contributed by atoms with Gasteiger partial charge in [-0.2, -0.15) is 0 Å². The van der Waals surface area contributed by atoms with Gasteiger partial charge in [0.1, 0.15) is 5.75 Å². The van der Waals surface area contributed by atoms with Gasteiger partial charge in [0.25, 0.3) is 0 Å². The Morgan fingerprint density at radius 2 is 1.29 bits per heavy atom. The molecule has 0 fully saturated rings. The fraction of sp³-hybridized carbons (Fsp3) is 0.536. The molecular weight excluding hydrogens is 446 g/mol. The van der Waals surface area contributed by atoms with Crippen molar-refractivity contribution < 1.29 is 5.11 Å². The number of aryl methyl sites for hydroxylation is 1. The molecule has 31 heavy (non-hydrogen) atoms. The average Bonchev–Trinajstić information content (AvgIpc) is 2.77. The topological polar surface area (TPSA) is 32.6 Å². The van der Waals surface area contributed by atoms with E-state index in [2.05, 4.69) is 33.9 Å². The summed E-state index contributed by atoms with van der Waals surface area (Å²) in [6.07, 6.45) is 20.6. The van der Waals surface area contributed by atoms with Crippen LogP contribution in [0.4, 0.5) is 5.69 Å². The molecule has 2 nitrogen and oxygen atoms in total. The van der Waals surface area contributed by atoms with Crippen LogP contribution in [0.25, 0.3) is 0 Å². The van der Waals surface area contributed by atoms with E-state index in [0.29, 0.717) is 5.75 Å². The summed E-state index contributed by atoms with van der Waals surface area (Å²) in [5, 5.41) is 10.3. The van der Waals surface area contributed by atoms with Crippen LogP contribution in [0.3, 0.4) is 0 Å². The van der Waals surface area contributed by atoms with Crippen molar-refractivity contribution in [3.05, 3.63) is 58.1 Å². The maximum absolute atomic E-state index is 10.3. The highest BCUT2D eigenvalue weighted by Gasteiger charge is 2.02. The second-order valence-corrected chi connectivity index (χ2v) is 9.54. The van der Waals surface area contributed by atoms with Crippen LogP contribution < -0.4 is 0 Å². The molecule has 0 aliphatic carbocycles. The van der Waals surface area contributed by atoms with Crippen molar-refractivity contribution in [1.29, 1.82) is 0 Å². The van der Waals surface area contributed by atoms with Gasteiger partial charge in [-0.15, -0.1) is 0 Å². The number of unbranched alkanes of at least 4 members (excludes halogenated alkanes) is 12. The summed E-state index contributed by atoms with van der Waals surface area (Å²) in [6.45, 7) is 2.28. The van der Waals surface area contributed by atoms with E-state index in [1.807, 2.05) is 36.4 Å². The van der Waals surface area contributed by atoms with Crippen molar-refractivity contribution in [1.82, 2.24) is 0 Å². The molecule has 2 aromatic rings. The third kappa shape index (κ3) is 11.5. The van der Waals surface area contributed by atoms with Crippen LogP contribution in [0.15, 0.2) is 51.9 Å². The maximum Gasteiger partial charge on any atom is 0.124 e. The molecule has 0 aliphatic rings. The predicted octanol–water partition coefficient (Wildman–Crippen LogP) is 9.54. The summed E-state index contributed by atoms with van der Waals surface area (Å²) in [5.74, 6) is 0.313. The third-order valence-corrected chi connectivity index (χ3v) is 6.37. The van der Waals surface area contributed by atoms with Gasteiger partial charge in [0, 0.05) is 16.3 Å². The molecule has 0 atom stereocenters. The molecule has 0 saturated carbocycles. The highest BCUT2D eigenvalue weighted by atomic mass is 79.9. The lowest BCUT2D eigenvalue weighted by Crippen LogP contribution is -1.89. The van der Waals surface area contributed by atoms with Gasteiger partial charge in [-0.05, 0) is 54.8 Å². The summed E-state index contributed by atoms with van der Waals surface area (Å²) < 4.78 is 1.03. The smallest absolute Gasteiger partial charge is 0.124 e. The molecule has 0 saturated heterocycles. The third-order valence-electron chi connectivity index (χ3n) is 5.84. The van der Waals surface area contributed by atoms with E-state index in [-0.39, 0.29) is 0 Å². The number of phenols is 1. The van der Waals surface area contributed by atoms with Crippen LogP contribution in [-0.4, -0.2) is 11.3 Å². The number of hydrogen-bond acceptors (Lipinski definition) is 2. The van der Waals surface area contributed by atoms with E-state index < -0.39 is 0 Å². The van der Waals surface area contributed by atoms with Crippen LogP contribution in [-0.2, 0) is 6.42 Å². The van der Waals surface area contributed by atoms with Crippen LogP contribution in [0, 0.1) is 0 Å². The second kappa shape index (κ2) is 16.1. The molecule has 0 spiro atoms. The second-order valence-electron chi connectivity index (χ2n) is 8.62. The van der Waals surface area contributed by atoms with Crippen LogP contribution in [0.5, 0.6) is 5.75 Å². The van der Waals surface area contributed by atoms with Gasteiger partial charge in [0.05, 0.1) is 5.69 Å². The number of aliphatic imine (C=N–C) groups is 1. The summed E-state index contributed by atoms with van der Waals surface area (Å²) in [7, 11) is 0. The van der Waals surface area contributed by atoms with Gasteiger partial charge in [-0.3, -0.25) is 4.99 Å². The van der Waals surface area contributed by atoms with Gasteiger partial charge >= 0.3 is 0 Å². The van der Waals surface area contributed by atoms with Gasteiger partial charge in [-0.25, -0.2) is 0 Å². The van der Waals surface area contributed by atoms with E-state index in [1.54, 1.807) is 6.21 Å². The first-order valence-electron chi connectivity index (χ1n) is 12.3. The van der Waals surface area contributed by atoms with Crippen molar-refractivity contribution in [2.45, 2.75) is 96.8 Å². The first-order chi connectivity index (χ1) is 15.2. The summed E-state index contributed by atoms with van der Waals surface area (Å²) in [4.78, 5) is 4.44. The first-order valence-corrected chi connectivity index (χ1v) is 13.1. The lowest BCUT2D eigenvalue weighted by atomic mass is 10.0. The average molecular weight is 487 g/mol. The zero-order chi connectivity index (χ0) is 22.2. The van der Waals surface area contributed by atoms with Gasteiger partial charge < -0.3 is 5.11 Å². The normalized spacial score (nSPS) is 11.4. The Balaban J connectivity index is 1.54. The molecule has 0 aliphatic heterocycles. The highest BCUT2D eigenvalue weighted by Crippen LogP contribution is 2.21. The number of halogens is 1. The minimum atomic E-state index is 0.313. The molecule has 0 bridgehead atoms. The molecule has 3 heteroatoms. The Morgan fingerprint density at radius 1 is 0.742 bits per heavy atom. The Hall–Kier alpha value is -1.61. The van der Waals surface area contributed by atoms with Crippen LogP contribution >= 0.6 is 15.9 Å². The highest BCUT2D eigenvalue weighted by molar-refractivity contribution is 9.10. The molecule has 0 heterocycles. The molecule has 2 aromatic carbocycles. The molecule has 170 valence electrons. The summed E-state index contributed by atoms with van der Waals surface area (Å²) >= 11 is 3.42. The van der Waals surface area contributed by atoms with Crippen molar-refractivity contribution in [3.8, 4) is 5.75 Å². The Kier molecular flexibility index (Phi) is 13.3. The molecular formula is C28H40BrNO. The van der Waals surface area contributed by atoms with Gasteiger partial charge in [0.2, 0.25) is 0 Å². The molecule has 0 radical (unpaired) electrons. The van der Waals surface area contributed by atoms with Crippen LogP contribution in [0.1, 0.15) is 102 Å². The van der Waals surface area contributed by atoms with Crippen molar-refractivity contribution in [3.63, 3.8) is 0 Å². The van der Waals surface area contributed by atoms with E-state index in [4.69, 9.17) is 0 Å². The van der Waals surface area contributed by atoms with Gasteiger partial charge in [0.15, 0.2) is 0 Å². The number of nitrogens with zero attached hydrogens (tertiary/aromatic N) is 1. The minimum absolute atomic E-state index is 0.313. The zero-order valence-corrected chi connectivity index (χ0v) is 20.9. The van der Waals surface area contributed by atoms with Crippen molar-refractivity contribution in [2.24, 2.45) is 4.99 Å². The van der Waals surface area contributed by atoms with Crippen molar-refractivity contribution >= 4 is 27.8 Å². The molecule has 0 aromatic heterocycles. The number of benzene rings is 2. The van der Waals surface area contributed by atoms with E-state index >= 15 is 0 Å². The predicted molar refractivity (Wildman–Crippen MR) is 139 cm³/mol. The number of phenolic OH excluding ortho intramolecular Hbond substituents is 1. The Morgan fingerprint density at radius 3 is 1.84 bits per heavy atom. The lowest BCUT2D eigenvalue weighted by Gasteiger charge is -2.05. The maximum atomic E-state index is 10.3. The first kappa shape index (κ1) is 25.6. The Bertz CT molecular complexity index is 754. The zero-order valence-electron chi connectivity index (χ0n) is 19.3. The molecule has 0 unspecified atom stereocenters. The van der Waals surface area contributed by atoms with Crippen LogP contribution in [0.2, 0.25) is 0 Å². The quantitative estimate of drug-likeness (QED) is 0.186. The standard InChI is InChI=1S/C28H40BrNO/c1-2-3-4-5-6-7-8-9-10-11-12-13-14-15-24-16-17-25(28(31)22-24)23-30-27-20-18-26(29)19-21-27/h16-23,31H,2-15H2,1H3. The minimum Gasteiger partial charge on any atom is -0.507 e.